The van der Waals surface area contributed by atoms with Crippen molar-refractivity contribution in [2.45, 2.75) is 19.3 Å². The monoisotopic (exact) mass is 372 g/mol. The normalized spacial score (nSPS) is 10.7. The summed E-state index contributed by atoms with van der Waals surface area (Å²) in [6.45, 7) is 0.385. The Labute approximate surface area is 156 Å². The molecule has 0 spiro atoms. The first kappa shape index (κ1) is 18.1. The third-order valence-electron chi connectivity index (χ3n) is 3.93. The number of hydrogen-bond donors (Lipinski definition) is 1. The van der Waals surface area contributed by atoms with Crippen LogP contribution in [-0.2, 0) is 17.6 Å². The van der Waals surface area contributed by atoms with E-state index >= 15 is 0 Å². The van der Waals surface area contributed by atoms with E-state index in [0.29, 0.717) is 41.6 Å². The van der Waals surface area contributed by atoms with E-state index in [1.807, 2.05) is 18.2 Å². The molecule has 0 bridgehead atoms. The van der Waals surface area contributed by atoms with E-state index in [-0.39, 0.29) is 18.1 Å². The molecular formula is C20H18ClFN2O2. The number of hydrogen-bond acceptors (Lipinski definition) is 3. The van der Waals surface area contributed by atoms with Crippen LogP contribution in [0.1, 0.15) is 17.9 Å². The molecule has 0 fully saturated rings. The summed E-state index contributed by atoms with van der Waals surface area (Å²) in [5, 5.41) is 3.36. The van der Waals surface area contributed by atoms with Crippen LogP contribution in [0.3, 0.4) is 0 Å². The Morgan fingerprint density at radius 1 is 1.12 bits per heavy atom. The quantitative estimate of drug-likeness (QED) is 0.667. The van der Waals surface area contributed by atoms with Gasteiger partial charge in [0, 0.05) is 24.9 Å². The van der Waals surface area contributed by atoms with E-state index in [0.717, 1.165) is 5.56 Å². The first-order valence-corrected chi connectivity index (χ1v) is 8.71. The van der Waals surface area contributed by atoms with Crippen LogP contribution in [0.4, 0.5) is 4.39 Å². The molecule has 26 heavy (non-hydrogen) atoms. The van der Waals surface area contributed by atoms with E-state index in [2.05, 4.69) is 10.3 Å². The summed E-state index contributed by atoms with van der Waals surface area (Å²) in [6.07, 6.45) is 2.69. The van der Waals surface area contributed by atoms with Crippen molar-refractivity contribution < 1.29 is 13.6 Å². The number of aromatic nitrogens is 1. The van der Waals surface area contributed by atoms with Gasteiger partial charge >= 0.3 is 0 Å². The van der Waals surface area contributed by atoms with Gasteiger partial charge in [0.25, 0.3) is 0 Å². The highest BCUT2D eigenvalue weighted by Gasteiger charge is 2.11. The van der Waals surface area contributed by atoms with Gasteiger partial charge in [-0.1, -0.05) is 41.9 Å². The highest BCUT2D eigenvalue weighted by atomic mass is 35.5. The average molecular weight is 373 g/mol. The number of halogens is 2. The maximum Gasteiger partial charge on any atom is 0.220 e. The Morgan fingerprint density at radius 3 is 2.69 bits per heavy atom. The second-order valence-electron chi connectivity index (χ2n) is 5.79. The smallest absolute Gasteiger partial charge is 0.220 e. The van der Waals surface area contributed by atoms with Crippen LogP contribution in [0.5, 0.6) is 0 Å². The summed E-state index contributed by atoms with van der Waals surface area (Å²) in [5.41, 5.74) is 1.35. The number of aryl methyl sites for hydroxylation is 1. The molecule has 0 saturated heterocycles. The van der Waals surface area contributed by atoms with Gasteiger partial charge in [0.2, 0.25) is 5.91 Å². The molecular weight excluding hydrogens is 355 g/mol. The Kier molecular flexibility index (Phi) is 6.02. The molecule has 2 aromatic carbocycles. The van der Waals surface area contributed by atoms with Gasteiger partial charge in [0.1, 0.15) is 5.82 Å². The Morgan fingerprint density at radius 2 is 1.88 bits per heavy atom. The minimum Gasteiger partial charge on any atom is -0.441 e. The summed E-state index contributed by atoms with van der Waals surface area (Å²) in [5.74, 6) is 0.669. The molecule has 0 aliphatic carbocycles. The first-order chi connectivity index (χ1) is 12.6. The number of nitrogens with one attached hydrogen (secondary N) is 1. The molecule has 1 amide bonds. The highest BCUT2D eigenvalue weighted by Crippen LogP contribution is 2.28. The summed E-state index contributed by atoms with van der Waals surface area (Å²) in [4.78, 5) is 16.1. The summed E-state index contributed by atoms with van der Waals surface area (Å²) in [6, 6.07) is 13.9. The molecule has 6 heteroatoms. The van der Waals surface area contributed by atoms with Crippen molar-refractivity contribution >= 4 is 17.5 Å². The number of carbonyl (C=O) groups is 1. The predicted octanol–water partition coefficient (Wildman–Crippen LogP) is 4.43. The standard InChI is InChI=1S/C20H18ClFN2O2/c21-16-7-3-2-6-15(16)18-13-24-20(26-18)10-9-19(25)23-12-11-14-5-1-4-8-17(14)22/h1-8,13H,9-12H2,(H,23,25). The third-order valence-corrected chi connectivity index (χ3v) is 4.26. The highest BCUT2D eigenvalue weighted by molar-refractivity contribution is 6.33. The molecule has 0 saturated carbocycles. The number of rotatable bonds is 7. The molecule has 134 valence electrons. The number of benzene rings is 2. The fourth-order valence-corrected chi connectivity index (χ4v) is 2.79. The van der Waals surface area contributed by atoms with Crippen LogP contribution in [-0.4, -0.2) is 17.4 Å². The van der Waals surface area contributed by atoms with Gasteiger partial charge in [-0.25, -0.2) is 9.37 Å². The van der Waals surface area contributed by atoms with Crippen LogP contribution in [0.15, 0.2) is 59.1 Å². The number of carbonyl (C=O) groups excluding carboxylic acids is 1. The van der Waals surface area contributed by atoms with Gasteiger partial charge in [-0.05, 0) is 30.2 Å². The molecule has 1 aromatic heterocycles. The predicted molar refractivity (Wildman–Crippen MR) is 98.4 cm³/mol. The van der Waals surface area contributed by atoms with Gasteiger partial charge in [0.15, 0.2) is 11.7 Å². The number of oxazole rings is 1. The van der Waals surface area contributed by atoms with Crippen molar-refractivity contribution in [3.8, 4) is 11.3 Å². The van der Waals surface area contributed by atoms with Gasteiger partial charge in [-0.15, -0.1) is 0 Å². The molecule has 0 unspecified atom stereocenters. The minimum absolute atomic E-state index is 0.126. The molecule has 0 radical (unpaired) electrons. The van der Waals surface area contributed by atoms with Crippen LogP contribution in [0, 0.1) is 5.82 Å². The zero-order valence-electron chi connectivity index (χ0n) is 14.0. The molecule has 0 aliphatic heterocycles. The van der Waals surface area contributed by atoms with Crippen LogP contribution in [0.25, 0.3) is 11.3 Å². The zero-order valence-corrected chi connectivity index (χ0v) is 14.8. The molecule has 0 atom stereocenters. The Hall–Kier alpha value is -2.66. The zero-order chi connectivity index (χ0) is 18.4. The van der Waals surface area contributed by atoms with Crippen molar-refractivity contribution in [1.29, 1.82) is 0 Å². The largest absolute Gasteiger partial charge is 0.441 e. The number of amides is 1. The minimum atomic E-state index is -0.256. The first-order valence-electron chi connectivity index (χ1n) is 8.33. The lowest BCUT2D eigenvalue weighted by atomic mass is 10.1. The second kappa shape index (κ2) is 8.63. The van der Waals surface area contributed by atoms with E-state index in [1.54, 1.807) is 30.5 Å². The molecule has 3 aromatic rings. The Balaban J connectivity index is 1.46. The molecule has 1 N–H and O–H groups in total. The van der Waals surface area contributed by atoms with Crippen LogP contribution in [0.2, 0.25) is 5.02 Å². The molecule has 1 heterocycles. The summed E-state index contributed by atoms with van der Waals surface area (Å²) < 4.78 is 19.2. The van der Waals surface area contributed by atoms with E-state index < -0.39 is 0 Å². The summed E-state index contributed by atoms with van der Waals surface area (Å²) >= 11 is 6.14. The van der Waals surface area contributed by atoms with Crippen molar-refractivity contribution in [2.75, 3.05) is 6.54 Å². The fourth-order valence-electron chi connectivity index (χ4n) is 2.56. The maximum atomic E-state index is 13.5. The summed E-state index contributed by atoms with van der Waals surface area (Å²) in [7, 11) is 0. The maximum absolute atomic E-state index is 13.5. The van der Waals surface area contributed by atoms with Gasteiger partial charge < -0.3 is 9.73 Å². The lowest BCUT2D eigenvalue weighted by Gasteiger charge is -2.05. The van der Waals surface area contributed by atoms with E-state index in [1.165, 1.54) is 6.07 Å². The van der Waals surface area contributed by atoms with Gasteiger partial charge in [0.05, 0.1) is 11.2 Å². The van der Waals surface area contributed by atoms with Crippen molar-refractivity contribution in [1.82, 2.24) is 10.3 Å². The molecule has 4 nitrogen and oxygen atoms in total. The fraction of sp³-hybridized carbons (Fsp3) is 0.200. The van der Waals surface area contributed by atoms with Crippen LogP contribution < -0.4 is 5.32 Å². The molecule has 0 aliphatic rings. The lowest BCUT2D eigenvalue weighted by molar-refractivity contribution is -0.121. The SMILES string of the molecule is O=C(CCc1ncc(-c2ccccc2Cl)o1)NCCc1ccccc1F. The molecule has 3 rings (SSSR count). The van der Waals surface area contributed by atoms with Crippen molar-refractivity contribution in [3.63, 3.8) is 0 Å². The van der Waals surface area contributed by atoms with Crippen molar-refractivity contribution in [2.24, 2.45) is 0 Å². The van der Waals surface area contributed by atoms with Gasteiger partial charge in [-0.2, -0.15) is 0 Å². The number of nitrogens with zero attached hydrogens (tertiary/aromatic N) is 1. The topological polar surface area (TPSA) is 55.1 Å². The second-order valence-corrected chi connectivity index (χ2v) is 6.20. The van der Waals surface area contributed by atoms with Gasteiger partial charge in [-0.3, -0.25) is 4.79 Å². The van der Waals surface area contributed by atoms with Crippen molar-refractivity contribution in [3.05, 3.63) is 77.0 Å². The third kappa shape index (κ3) is 4.70. The lowest BCUT2D eigenvalue weighted by Crippen LogP contribution is -2.26. The van der Waals surface area contributed by atoms with E-state index in [4.69, 9.17) is 16.0 Å². The average Bonchev–Trinajstić information content (AvgIpc) is 3.11. The Bertz CT molecular complexity index is 895. The van der Waals surface area contributed by atoms with E-state index in [9.17, 15) is 9.18 Å². The van der Waals surface area contributed by atoms with Crippen LogP contribution >= 0.6 is 11.6 Å².